The quantitative estimate of drug-likeness (QED) is 0.678. The van der Waals surface area contributed by atoms with Crippen LogP contribution in [-0.4, -0.2) is 16.2 Å². The van der Waals surface area contributed by atoms with E-state index in [1.807, 2.05) is 0 Å². The first-order valence-electron chi connectivity index (χ1n) is 6.65. The number of nitrogens with zero attached hydrogens (tertiary/aromatic N) is 1. The molecular weight excluding hydrogens is 391 g/mol. The maximum Gasteiger partial charge on any atom is 0.264 e. The summed E-state index contributed by atoms with van der Waals surface area (Å²) in [5.41, 5.74) is 1.28. The summed E-state index contributed by atoms with van der Waals surface area (Å²) in [7, 11) is 0. The number of hydrogen-bond donors (Lipinski definition) is 2. The highest BCUT2D eigenvalue weighted by atomic mass is 35.5. The van der Waals surface area contributed by atoms with Gasteiger partial charge in [-0.05, 0) is 53.7 Å². The Bertz CT molecular complexity index is 897. The average Bonchev–Trinajstić information content (AvgIpc) is 2.86. The maximum absolute atomic E-state index is 12.0. The summed E-state index contributed by atoms with van der Waals surface area (Å²) in [6, 6.07) is 9.67. The second kappa shape index (κ2) is 7.07. The molecule has 1 amide bonds. The van der Waals surface area contributed by atoms with Crippen LogP contribution in [0, 0.1) is 0 Å². The Hall–Kier alpha value is -1.66. The van der Waals surface area contributed by atoms with E-state index in [1.165, 1.54) is 17.8 Å². The van der Waals surface area contributed by atoms with E-state index in [2.05, 4.69) is 10.3 Å². The molecule has 4 nitrogen and oxygen atoms in total. The number of phenols is 1. The lowest BCUT2D eigenvalue weighted by Gasteiger charge is -1.99. The molecule has 0 unspecified atom stereocenters. The minimum absolute atomic E-state index is 0.00999. The number of rotatable bonds is 2. The molecule has 1 saturated heterocycles. The molecule has 3 rings (SSSR count). The number of amidine groups is 1. The van der Waals surface area contributed by atoms with Gasteiger partial charge >= 0.3 is 0 Å². The monoisotopic (exact) mass is 398 g/mol. The van der Waals surface area contributed by atoms with Gasteiger partial charge in [0.25, 0.3) is 5.91 Å². The van der Waals surface area contributed by atoms with Crippen molar-refractivity contribution in [3.05, 3.63) is 61.9 Å². The standard InChI is InChI=1S/C16H9Cl3N2O2S/c17-10-3-2-9(7-11(10)18)20-16-21-15(23)14(24-16)6-8-1-4-13(22)12(19)5-8/h1-7,22H,(H,20,21,23)/b14-6-. The molecule has 1 heterocycles. The second-order valence-electron chi connectivity index (χ2n) is 4.79. The molecule has 1 fully saturated rings. The number of aliphatic imine (C=N–C) groups is 1. The normalized spacial score (nSPS) is 17.5. The van der Waals surface area contributed by atoms with Gasteiger partial charge in [-0.25, -0.2) is 4.99 Å². The molecule has 2 aromatic carbocycles. The third-order valence-electron chi connectivity index (χ3n) is 3.05. The van der Waals surface area contributed by atoms with E-state index < -0.39 is 0 Å². The Morgan fingerprint density at radius 2 is 1.83 bits per heavy atom. The molecule has 0 radical (unpaired) electrons. The smallest absolute Gasteiger partial charge is 0.264 e. The summed E-state index contributed by atoms with van der Waals surface area (Å²) < 4.78 is 0. The molecule has 0 aromatic heterocycles. The minimum Gasteiger partial charge on any atom is -0.506 e. The topological polar surface area (TPSA) is 61.7 Å². The Morgan fingerprint density at radius 3 is 2.54 bits per heavy atom. The van der Waals surface area contributed by atoms with Crippen molar-refractivity contribution in [1.82, 2.24) is 5.32 Å². The van der Waals surface area contributed by atoms with Crippen LogP contribution >= 0.6 is 46.6 Å². The Balaban J connectivity index is 1.84. The van der Waals surface area contributed by atoms with Crippen molar-refractivity contribution < 1.29 is 9.90 Å². The van der Waals surface area contributed by atoms with E-state index in [0.717, 1.165) is 0 Å². The van der Waals surface area contributed by atoms with Crippen LogP contribution in [0.3, 0.4) is 0 Å². The van der Waals surface area contributed by atoms with Crippen LogP contribution in [0.5, 0.6) is 5.75 Å². The number of hydrogen-bond acceptors (Lipinski definition) is 4. The third kappa shape index (κ3) is 3.87. The minimum atomic E-state index is -0.261. The zero-order chi connectivity index (χ0) is 17.3. The zero-order valence-electron chi connectivity index (χ0n) is 11.9. The molecule has 24 heavy (non-hydrogen) atoms. The lowest BCUT2D eigenvalue weighted by atomic mass is 10.2. The van der Waals surface area contributed by atoms with Crippen molar-refractivity contribution in [2.24, 2.45) is 4.99 Å². The van der Waals surface area contributed by atoms with Crippen LogP contribution in [0.2, 0.25) is 15.1 Å². The second-order valence-corrected chi connectivity index (χ2v) is 7.04. The predicted octanol–water partition coefficient (Wildman–Crippen LogP) is 5.24. The summed E-state index contributed by atoms with van der Waals surface area (Å²) in [5, 5.41) is 13.6. The fourth-order valence-electron chi connectivity index (χ4n) is 1.92. The first kappa shape index (κ1) is 17.2. The number of nitrogens with one attached hydrogen (secondary N) is 1. The average molecular weight is 400 g/mol. The van der Waals surface area contributed by atoms with Gasteiger partial charge in [-0.1, -0.05) is 40.9 Å². The summed E-state index contributed by atoms with van der Waals surface area (Å²) in [5.74, 6) is -0.271. The molecule has 1 aliphatic rings. The third-order valence-corrected chi connectivity index (χ3v) is 5.01. The molecule has 8 heteroatoms. The molecule has 0 aliphatic carbocycles. The molecule has 0 saturated carbocycles. The van der Waals surface area contributed by atoms with Gasteiger partial charge in [-0.15, -0.1) is 0 Å². The molecule has 1 aliphatic heterocycles. The van der Waals surface area contributed by atoms with Gasteiger partial charge in [0, 0.05) is 0 Å². The van der Waals surface area contributed by atoms with Crippen LogP contribution in [0.15, 0.2) is 46.3 Å². The summed E-state index contributed by atoms with van der Waals surface area (Å²) in [6.07, 6.45) is 1.67. The first-order valence-corrected chi connectivity index (χ1v) is 8.60. The van der Waals surface area contributed by atoms with Gasteiger partial charge in [-0.3, -0.25) is 4.79 Å². The van der Waals surface area contributed by atoms with E-state index in [4.69, 9.17) is 34.8 Å². The molecule has 2 aromatic rings. The van der Waals surface area contributed by atoms with Crippen molar-refractivity contribution in [3.63, 3.8) is 0 Å². The largest absolute Gasteiger partial charge is 0.506 e. The van der Waals surface area contributed by atoms with Gasteiger partial charge in [0.05, 0.1) is 25.7 Å². The number of benzene rings is 2. The Labute approximate surface area is 157 Å². The van der Waals surface area contributed by atoms with Crippen molar-refractivity contribution in [1.29, 1.82) is 0 Å². The van der Waals surface area contributed by atoms with Crippen molar-refractivity contribution >= 4 is 69.4 Å². The fraction of sp³-hybridized carbons (Fsp3) is 0. The highest BCUT2D eigenvalue weighted by molar-refractivity contribution is 8.18. The zero-order valence-corrected chi connectivity index (χ0v) is 15.0. The van der Waals surface area contributed by atoms with E-state index in [-0.39, 0.29) is 16.7 Å². The van der Waals surface area contributed by atoms with Crippen molar-refractivity contribution in [2.45, 2.75) is 0 Å². The lowest BCUT2D eigenvalue weighted by Crippen LogP contribution is -2.19. The van der Waals surface area contributed by atoms with E-state index in [1.54, 1.807) is 36.4 Å². The lowest BCUT2D eigenvalue weighted by molar-refractivity contribution is -0.115. The molecular formula is C16H9Cl3N2O2S. The number of amides is 1. The highest BCUT2D eigenvalue weighted by Crippen LogP contribution is 2.32. The number of carbonyl (C=O) groups excluding carboxylic acids is 1. The highest BCUT2D eigenvalue weighted by Gasteiger charge is 2.23. The van der Waals surface area contributed by atoms with Crippen LogP contribution in [0.25, 0.3) is 6.08 Å². The van der Waals surface area contributed by atoms with Crippen molar-refractivity contribution in [3.8, 4) is 5.75 Å². The van der Waals surface area contributed by atoms with Crippen molar-refractivity contribution in [2.75, 3.05) is 0 Å². The van der Waals surface area contributed by atoms with Gasteiger partial charge in [0.2, 0.25) is 0 Å². The summed E-state index contributed by atoms with van der Waals surface area (Å²) >= 11 is 18.9. The van der Waals surface area contributed by atoms with Gasteiger partial charge in [-0.2, -0.15) is 0 Å². The van der Waals surface area contributed by atoms with Gasteiger partial charge in [0.1, 0.15) is 5.75 Å². The van der Waals surface area contributed by atoms with E-state index in [0.29, 0.717) is 31.4 Å². The molecule has 0 atom stereocenters. The number of thioether (sulfide) groups is 1. The van der Waals surface area contributed by atoms with E-state index >= 15 is 0 Å². The SMILES string of the molecule is O=C1NC(=Nc2ccc(Cl)c(Cl)c2)S/C1=C\c1ccc(O)c(Cl)c1. The summed E-state index contributed by atoms with van der Waals surface area (Å²) in [6.45, 7) is 0. The first-order chi connectivity index (χ1) is 11.4. The fourth-order valence-corrected chi connectivity index (χ4v) is 3.24. The van der Waals surface area contributed by atoms with Gasteiger partial charge in [0.15, 0.2) is 5.17 Å². The van der Waals surface area contributed by atoms with Crippen LogP contribution in [0.1, 0.15) is 5.56 Å². The number of aromatic hydroxyl groups is 1. The number of halogens is 3. The molecule has 0 bridgehead atoms. The maximum atomic E-state index is 12.0. The molecule has 0 spiro atoms. The Morgan fingerprint density at radius 1 is 1.04 bits per heavy atom. The number of phenolic OH excluding ortho intramolecular Hbond substituents is 1. The molecule has 2 N–H and O–H groups in total. The summed E-state index contributed by atoms with van der Waals surface area (Å²) in [4.78, 5) is 16.8. The predicted molar refractivity (Wildman–Crippen MR) is 100 cm³/mol. The van der Waals surface area contributed by atoms with E-state index in [9.17, 15) is 9.90 Å². The van der Waals surface area contributed by atoms with Crippen LogP contribution in [0.4, 0.5) is 5.69 Å². The van der Waals surface area contributed by atoms with Crippen LogP contribution in [-0.2, 0) is 4.79 Å². The molecule has 122 valence electrons. The van der Waals surface area contributed by atoms with Crippen LogP contribution < -0.4 is 5.32 Å². The Kier molecular flexibility index (Phi) is 5.06. The number of carbonyl (C=O) groups is 1. The van der Waals surface area contributed by atoms with Gasteiger partial charge < -0.3 is 10.4 Å².